The SMILES string of the molecule is OO.[O]=[Mn]=[O].[Zn].[Zn]. The molecule has 0 heterocycles. The first-order valence-electron chi connectivity index (χ1n) is 0.509. The monoisotopic (exact) mass is 249 g/mol. The maximum atomic E-state index is 8.41. The van der Waals surface area contributed by atoms with Crippen LogP contribution in [0.25, 0.3) is 0 Å². The first kappa shape index (κ1) is 23.9. The standard InChI is InChI=1S/Mn.H2O2.2O.2Zn/c;1-2;;;;/h;1-2H;;;;. The zero-order valence-electron chi connectivity index (χ0n) is 3.50. The molecule has 0 aliphatic heterocycles. The van der Waals surface area contributed by atoms with Crippen LogP contribution in [0.15, 0.2) is 0 Å². The molecule has 0 amide bonds. The van der Waals surface area contributed by atoms with E-state index < -0.39 is 14.8 Å². The molecule has 0 aromatic carbocycles. The molecule has 0 aromatic rings. The molecule has 0 bridgehead atoms. The molecule has 0 atom stereocenters. The van der Waals surface area contributed by atoms with Crippen LogP contribution in [-0.2, 0) is 61.4 Å². The largest absolute Gasteiger partial charge is 0 e. The van der Waals surface area contributed by atoms with Crippen LogP contribution in [0.1, 0.15) is 0 Å². The summed E-state index contributed by atoms with van der Waals surface area (Å²) < 4.78 is 16.8. The van der Waals surface area contributed by atoms with Crippen molar-refractivity contribution < 1.29 is 72.0 Å². The summed E-state index contributed by atoms with van der Waals surface area (Å²) in [6.45, 7) is 0. The van der Waals surface area contributed by atoms with Crippen molar-refractivity contribution in [3.63, 3.8) is 0 Å². The van der Waals surface area contributed by atoms with Crippen molar-refractivity contribution in [2.75, 3.05) is 0 Å². The molecule has 0 aliphatic rings. The maximum Gasteiger partial charge on any atom is 0 e. The van der Waals surface area contributed by atoms with Gasteiger partial charge in [-0.1, -0.05) is 0 Å². The van der Waals surface area contributed by atoms with Gasteiger partial charge in [-0.2, -0.15) is 0 Å². The van der Waals surface area contributed by atoms with Crippen LogP contribution < -0.4 is 0 Å². The molecular weight excluding hydrogens is 250 g/mol. The fraction of sp³-hybridized carbons (Fsp3) is 0. The van der Waals surface area contributed by atoms with Gasteiger partial charge in [0.2, 0.25) is 0 Å². The Morgan fingerprint density at radius 2 is 1.00 bits per heavy atom. The summed E-state index contributed by atoms with van der Waals surface area (Å²) in [5.41, 5.74) is 0. The zero-order valence-corrected chi connectivity index (χ0v) is 10.6. The fourth-order valence-electron chi connectivity index (χ4n) is 0. The van der Waals surface area contributed by atoms with Gasteiger partial charge in [0.25, 0.3) is 0 Å². The smallest absolute Gasteiger partial charge is 0 e. The van der Waals surface area contributed by atoms with Gasteiger partial charge in [-0.3, -0.25) is 10.5 Å². The van der Waals surface area contributed by atoms with Gasteiger partial charge in [-0.15, -0.1) is 0 Å². The van der Waals surface area contributed by atoms with Gasteiger partial charge in [-0.05, 0) is 0 Å². The van der Waals surface area contributed by atoms with Gasteiger partial charge in [-0.25, -0.2) is 0 Å². The molecule has 0 spiro atoms. The van der Waals surface area contributed by atoms with Crippen LogP contribution in [0.2, 0.25) is 0 Å². The van der Waals surface area contributed by atoms with E-state index >= 15 is 0 Å². The van der Waals surface area contributed by atoms with Crippen molar-refractivity contribution in [1.82, 2.24) is 0 Å². The maximum absolute atomic E-state index is 8.41. The Morgan fingerprint density at radius 1 is 1.00 bits per heavy atom. The Balaban J connectivity index is -0.0000000105. The molecule has 7 heteroatoms. The molecule has 4 nitrogen and oxygen atoms in total. The molecule has 0 aromatic heterocycles. The second-order valence-electron chi connectivity index (χ2n) is 0.0630. The molecule has 0 aliphatic carbocycles. The van der Waals surface area contributed by atoms with E-state index in [2.05, 4.69) is 0 Å². The normalized spacial score (nSPS) is 2.57. The Hall–Kier alpha value is 1.29. The van der Waals surface area contributed by atoms with Crippen molar-refractivity contribution in [3.8, 4) is 0 Å². The van der Waals surface area contributed by atoms with Crippen LogP contribution in [0.5, 0.6) is 0 Å². The summed E-state index contributed by atoms with van der Waals surface area (Å²) >= 11 is -1.44. The summed E-state index contributed by atoms with van der Waals surface area (Å²) in [6, 6.07) is 0. The third-order valence-corrected chi connectivity index (χ3v) is 0. The fourth-order valence-corrected chi connectivity index (χ4v) is 0. The van der Waals surface area contributed by atoms with E-state index in [4.69, 9.17) is 18.2 Å². The number of hydrogen-bond donors (Lipinski definition) is 2. The van der Waals surface area contributed by atoms with Crippen molar-refractivity contribution >= 4 is 0 Å². The Morgan fingerprint density at radius 3 is 1.00 bits per heavy atom. The summed E-state index contributed by atoms with van der Waals surface area (Å²) in [6.07, 6.45) is 0. The van der Waals surface area contributed by atoms with Crippen molar-refractivity contribution in [3.05, 3.63) is 0 Å². The molecule has 37 valence electrons. The predicted octanol–water partition coefficient (Wildman–Crippen LogP) is -0.228. The minimum atomic E-state index is -1.44. The van der Waals surface area contributed by atoms with Crippen LogP contribution in [-0.4, -0.2) is 10.5 Å². The molecule has 0 rings (SSSR count). The molecule has 2 N–H and O–H groups in total. The molecule has 7 heavy (non-hydrogen) atoms. The van der Waals surface area contributed by atoms with Gasteiger partial charge in [0.05, 0.1) is 0 Å². The minimum absolute atomic E-state index is 0. The van der Waals surface area contributed by atoms with E-state index in [-0.39, 0.29) is 39.0 Å². The number of hydrogen-bond acceptors (Lipinski definition) is 4. The van der Waals surface area contributed by atoms with Gasteiger partial charge in [0.15, 0.2) is 0 Å². The van der Waals surface area contributed by atoms with Gasteiger partial charge >= 0.3 is 22.5 Å². The van der Waals surface area contributed by atoms with Gasteiger partial charge < -0.3 is 0 Å². The Labute approximate surface area is 71.7 Å². The number of rotatable bonds is 0. The first-order chi connectivity index (χ1) is 2.41. The van der Waals surface area contributed by atoms with E-state index in [1.54, 1.807) is 0 Å². The minimum Gasteiger partial charge on any atom is 0 e. The molecular formula is H2MnO4Zn2. The molecule has 0 radical (unpaired) electrons. The third-order valence-electron chi connectivity index (χ3n) is 0. The molecule has 0 unspecified atom stereocenters. The summed E-state index contributed by atoms with van der Waals surface area (Å²) in [7, 11) is 0. The average molecular weight is 252 g/mol. The van der Waals surface area contributed by atoms with E-state index in [9.17, 15) is 0 Å². The topological polar surface area (TPSA) is 74.6 Å². The van der Waals surface area contributed by atoms with Crippen LogP contribution in [0, 0.1) is 0 Å². The Bertz CT molecular complexity index is 30.7. The van der Waals surface area contributed by atoms with E-state index in [1.807, 2.05) is 0 Å². The van der Waals surface area contributed by atoms with E-state index in [0.29, 0.717) is 0 Å². The van der Waals surface area contributed by atoms with Crippen molar-refractivity contribution in [2.45, 2.75) is 0 Å². The second-order valence-corrected chi connectivity index (χ2v) is 0.260. The Kier molecular flexibility index (Phi) is 188. The predicted molar refractivity (Wildman–Crippen MR) is 6.63 cm³/mol. The van der Waals surface area contributed by atoms with Gasteiger partial charge in [0.1, 0.15) is 0 Å². The molecule has 0 fully saturated rings. The van der Waals surface area contributed by atoms with E-state index in [0.717, 1.165) is 0 Å². The van der Waals surface area contributed by atoms with Crippen LogP contribution >= 0.6 is 0 Å². The van der Waals surface area contributed by atoms with Crippen LogP contribution in [0.4, 0.5) is 0 Å². The quantitative estimate of drug-likeness (QED) is 0.354. The molecule has 0 saturated heterocycles. The van der Waals surface area contributed by atoms with E-state index in [1.165, 1.54) is 0 Å². The summed E-state index contributed by atoms with van der Waals surface area (Å²) in [4.78, 5) is 0. The third kappa shape index (κ3) is 123. The van der Waals surface area contributed by atoms with Crippen molar-refractivity contribution in [1.29, 1.82) is 0 Å². The zero-order chi connectivity index (χ0) is 4.71. The average Bonchev–Trinajstić information content (AvgIpc) is 1.46. The van der Waals surface area contributed by atoms with Crippen LogP contribution in [0.3, 0.4) is 0 Å². The first-order valence-corrected chi connectivity index (χ1v) is 1.47. The summed E-state index contributed by atoms with van der Waals surface area (Å²) in [5, 5.41) is 12.0. The second kappa shape index (κ2) is 55.1. The van der Waals surface area contributed by atoms with Crippen molar-refractivity contribution in [2.24, 2.45) is 0 Å². The molecule has 0 saturated carbocycles. The van der Waals surface area contributed by atoms with Gasteiger partial charge in [0, 0.05) is 39.0 Å². The summed E-state index contributed by atoms with van der Waals surface area (Å²) in [5.74, 6) is 0.